The Labute approximate surface area is 99.2 Å². The van der Waals surface area contributed by atoms with Crippen LogP contribution in [0.1, 0.15) is 18.4 Å². The van der Waals surface area contributed by atoms with Gasteiger partial charge in [-0.15, -0.1) is 0 Å². The molecule has 3 nitrogen and oxygen atoms in total. The summed E-state index contributed by atoms with van der Waals surface area (Å²) in [7, 11) is 1.78. The topological polar surface area (TPSA) is 41.1 Å². The number of hydrogen-bond donors (Lipinski definition) is 2. The average molecular weight is 242 g/mol. The molecule has 0 saturated heterocycles. The lowest BCUT2D eigenvalue weighted by Gasteiger charge is -2.07. The van der Waals surface area contributed by atoms with Crippen LogP contribution in [0.4, 0.5) is 14.5 Å². The molecule has 0 bridgehead atoms. The molecule has 0 aliphatic carbocycles. The molecule has 0 unspecified atom stereocenters. The molecule has 0 aliphatic rings. The maximum Gasteiger partial charge on any atom is 0.224 e. The van der Waals surface area contributed by atoms with Gasteiger partial charge in [0.25, 0.3) is 0 Å². The first-order valence-corrected chi connectivity index (χ1v) is 5.44. The van der Waals surface area contributed by atoms with E-state index in [4.69, 9.17) is 0 Å². The van der Waals surface area contributed by atoms with E-state index in [0.29, 0.717) is 13.0 Å². The van der Waals surface area contributed by atoms with Crippen molar-refractivity contribution in [1.29, 1.82) is 0 Å². The molecule has 0 atom stereocenters. The standard InChI is InChI=1S/C12H16F2N2O/c1-8-6-10(14)11(7-9(8)13)16-12(17)4-3-5-15-2/h6-7,15H,3-5H2,1-2H3,(H,16,17). The third kappa shape index (κ3) is 4.11. The summed E-state index contributed by atoms with van der Waals surface area (Å²) in [6, 6.07) is 2.07. The zero-order chi connectivity index (χ0) is 12.8. The zero-order valence-corrected chi connectivity index (χ0v) is 9.94. The number of halogens is 2. The van der Waals surface area contributed by atoms with Gasteiger partial charge in [-0.2, -0.15) is 0 Å². The van der Waals surface area contributed by atoms with Gasteiger partial charge in [-0.3, -0.25) is 4.79 Å². The molecule has 0 aliphatic heterocycles. The Morgan fingerprint density at radius 2 is 2.00 bits per heavy atom. The van der Waals surface area contributed by atoms with Gasteiger partial charge in [-0.05, 0) is 38.6 Å². The highest BCUT2D eigenvalue weighted by Gasteiger charge is 2.10. The molecule has 2 N–H and O–H groups in total. The first-order chi connectivity index (χ1) is 8.04. The van der Waals surface area contributed by atoms with Crippen LogP contribution >= 0.6 is 0 Å². The molecule has 5 heteroatoms. The minimum atomic E-state index is -0.620. The van der Waals surface area contributed by atoms with Crippen LogP contribution in [0.15, 0.2) is 12.1 Å². The summed E-state index contributed by atoms with van der Waals surface area (Å²) >= 11 is 0. The molecule has 0 saturated carbocycles. The van der Waals surface area contributed by atoms with Crippen LogP contribution in [-0.2, 0) is 4.79 Å². The molecule has 0 aromatic heterocycles. The fourth-order valence-corrected chi connectivity index (χ4v) is 1.38. The third-order valence-electron chi connectivity index (χ3n) is 2.35. The van der Waals surface area contributed by atoms with Crippen LogP contribution in [0.3, 0.4) is 0 Å². The molecule has 1 amide bonds. The van der Waals surface area contributed by atoms with Crippen LogP contribution in [0.2, 0.25) is 0 Å². The van der Waals surface area contributed by atoms with Gasteiger partial charge >= 0.3 is 0 Å². The number of carbonyl (C=O) groups is 1. The Balaban J connectivity index is 2.62. The molecule has 17 heavy (non-hydrogen) atoms. The molecule has 94 valence electrons. The van der Waals surface area contributed by atoms with Crippen LogP contribution in [0.25, 0.3) is 0 Å². The lowest BCUT2D eigenvalue weighted by molar-refractivity contribution is -0.116. The SMILES string of the molecule is CNCCCC(=O)Nc1cc(F)c(C)cc1F. The summed E-state index contributed by atoms with van der Waals surface area (Å²) in [5.74, 6) is -1.47. The largest absolute Gasteiger partial charge is 0.324 e. The van der Waals surface area contributed by atoms with E-state index < -0.39 is 11.6 Å². The van der Waals surface area contributed by atoms with Crippen molar-refractivity contribution in [3.05, 3.63) is 29.3 Å². The van der Waals surface area contributed by atoms with Gasteiger partial charge in [0.1, 0.15) is 11.6 Å². The number of carbonyl (C=O) groups excluding carboxylic acids is 1. The van der Waals surface area contributed by atoms with Gasteiger partial charge in [-0.25, -0.2) is 8.78 Å². The quantitative estimate of drug-likeness (QED) is 0.777. The molecule has 0 fully saturated rings. The Hall–Kier alpha value is -1.49. The van der Waals surface area contributed by atoms with Crippen LogP contribution in [-0.4, -0.2) is 19.5 Å². The number of benzene rings is 1. The molecular weight excluding hydrogens is 226 g/mol. The predicted molar refractivity (Wildman–Crippen MR) is 62.9 cm³/mol. The normalized spacial score (nSPS) is 10.4. The number of amides is 1. The van der Waals surface area contributed by atoms with E-state index in [2.05, 4.69) is 10.6 Å². The van der Waals surface area contributed by atoms with Crippen molar-refractivity contribution < 1.29 is 13.6 Å². The fourth-order valence-electron chi connectivity index (χ4n) is 1.38. The van der Waals surface area contributed by atoms with E-state index in [-0.39, 0.29) is 23.6 Å². The predicted octanol–water partition coefficient (Wildman–Crippen LogP) is 2.21. The monoisotopic (exact) mass is 242 g/mol. The maximum absolute atomic E-state index is 13.4. The number of aryl methyl sites for hydroxylation is 1. The average Bonchev–Trinajstić information content (AvgIpc) is 2.26. The summed E-state index contributed by atoms with van der Waals surface area (Å²) in [5.41, 5.74) is 0.109. The van der Waals surface area contributed by atoms with Crippen molar-refractivity contribution in [3.8, 4) is 0 Å². The van der Waals surface area contributed by atoms with E-state index in [1.54, 1.807) is 7.05 Å². The van der Waals surface area contributed by atoms with Crippen molar-refractivity contribution in [2.24, 2.45) is 0 Å². The van der Waals surface area contributed by atoms with Gasteiger partial charge in [0.05, 0.1) is 5.69 Å². The second-order valence-electron chi connectivity index (χ2n) is 3.84. The lowest BCUT2D eigenvalue weighted by atomic mass is 10.2. The highest BCUT2D eigenvalue weighted by atomic mass is 19.1. The van der Waals surface area contributed by atoms with E-state index in [0.717, 1.165) is 12.1 Å². The highest BCUT2D eigenvalue weighted by molar-refractivity contribution is 5.90. The van der Waals surface area contributed by atoms with Gasteiger partial charge in [0.2, 0.25) is 5.91 Å². The summed E-state index contributed by atoms with van der Waals surface area (Å²) < 4.78 is 26.6. The van der Waals surface area contributed by atoms with E-state index in [9.17, 15) is 13.6 Å². The Bertz CT molecular complexity index is 408. The number of anilines is 1. The number of nitrogens with one attached hydrogen (secondary N) is 2. The first-order valence-electron chi connectivity index (χ1n) is 5.44. The van der Waals surface area contributed by atoms with E-state index in [1.807, 2.05) is 0 Å². The third-order valence-corrected chi connectivity index (χ3v) is 2.35. The summed E-state index contributed by atoms with van der Waals surface area (Å²) in [4.78, 5) is 11.4. The van der Waals surface area contributed by atoms with Crippen LogP contribution in [0.5, 0.6) is 0 Å². The second-order valence-corrected chi connectivity index (χ2v) is 3.84. The Morgan fingerprint density at radius 3 is 2.65 bits per heavy atom. The fraction of sp³-hybridized carbons (Fsp3) is 0.417. The molecule has 0 spiro atoms. The minimum Gasteiger partial charge on any atom is -0.324 e. The molecular formula is C12H16F2N2O. The summed E-state index contributed by atoms with van der Waals surface area (Å²) in [6.07, 6.45) is 0.925. The highest BCUT2D eigenvalue weighted by Crippen LogP contribution is 2.18. The first kappa shape index (κ1) is 13.6. The van der Waals surface area contributed by atoms with Crippen LogP contribution < -0.4 is 10.6 Å². The van der Waals surface area contributed by atoms with Crippen molar-refractivity contribution in [3.63, 3.8) is 0 Å². The lowest BCUT2D eigenvalue weighted by Crippen LogP contribution is -2.16. The molecule has 1 aromatic rings. The molecule has 0 heterocycles. The molecule has 1 rings (SSSR count). The Kier molecular flexibility index (Phi) is 5.03. The number of hydrogen-bond acceptors (Lipinski definition) is 2. The van der Waals surface area contributed by atoms with Gasteiger partial charge in [-0.1, -0.05) is 0 Å². The summed E-state index contributed by atoms with van der Waals surface area (Å²) in [5, 5.41) is 5.26. The smallest absolute Gasteiger partial charge is 0.224 e. The van der Waals surface area contributed by atoms with Crippen molar-refractivity contribution in [2.45, 2.75) is 19.8 Å². The van der Waals surface area contributed by atoms with Gasteiger partial charge < -0.3 is 10.6 Å². The van der Waals surface area contributed by atoms with E-state index >= 15 is 0 Å². The molecule has 1 aromatic carbocycles. The molecule has 0 radical (unpaired) electrons. The number of rotatable bonds is 5. The van der Waals surface area contributed by atoms with E-state index in [1.165, 1.54) is 6.92 Å². The zero-order valence-electron chi connectivity index (χ0n) is 9.94. The summed E-state index contributed by atoms with van der Waals surface area (Å²) in [6.45, 7) is 2.18. The van der Waals surface area contributed by atoms with Crippen LogP contribution in [0, 0.1) is 18.6 Å². The second kappa shape index (κ2) is 6.30. The Morgan fingerprint density at radius 1 is 1.29 bits per heavy atom. The van der Waals surface area contributed by atoms with Crippen molar-refractivity contribution in [1.82, 2.24) is 5.32 Å². The van der Waals surface area contributed by atoms with Crippen molar-refractivity contribution in [2.75, 3.05) is 18.9 Å². The maximum atomic E-state index is 13.4. The van der Waals surface area contributed by atoms with Gasteiger partial charge in [0, 0.05) is 12.5 Å². The minimum absolute atomic E-state index is 0.109. The van der Waals surface area contributed by atoms with Crippen molar-refractivity contribution >= 4 is 11.6 Å². The van der Waals surface area contributed by atoms with Gasteiger partial charge in [0.15, 0.2) is 0 Å².